The molecule has 3 aromatic carbocycles. The van der Waals surface area contributed by atoms with Gasteiger partial charge < -0.3 is 10.1 Å². The number of thioether (sulfide) groups is 1. The number of benzene rings is 3. The Hall–Kier alpha value is -2.68. The molecule has 0 aliphatic heterocycles. The molecule has 9 heteroatoms. The Morgan fingerprint density at radius 1 is 1.06 bits per heavy atom. The van der Waals surface area contributed by atoms with Crippen LogP contribution >= 0.6 is 23.4 Å². The maximum Gasteiger partial charge on any atom is 0.245 e. The monoisotopic (exact) mass is 490 g/mol. The lowest BCUT2D eigenvalue weighted by Gasteiger charge is -2.22. The number of ether oxygens (including phenoxy) is 1. The van der Waals surface area contributed by atoms with E-state index in [1.54, 1.807) is 42.1 Å². The van der Waals surface area contributed by atoms with Crippen LogP contribution in [0.3, 0.4) is 0 Å². The van der Waals surface area contributed by atoms with Crippen LogP contribution in [0.2, 0.25) is 5.02 Å². The molecule has 0 unspecified atom stereocenters. The lowest BCUT2D eigenvalue weighted by molar-refractivity contribution is -0.114. The van der Waals surface area contributed by atoms with Gasteiger partial charge in [-0.1, -0.05) is 41.9 Å². The van der Waals surface area contributed by atoms with Crippen LogP contribution in [0.4, 0.5) is 11.4 Å². The molecule has 6 nitrogen and oxygen atoms in total. The summed E-state index contributed by atoms with van der Waals surface area (Å²) in [5.41, 5.74) is 2.07. The molecule has 168 valence electrons. The standard InChI is InChI=1S/C23H23ClN2O4S2/c1-30-20-7-5-6-19(14-20)26(32(2,28)29)15-23(27)25-21-8-3-4-9-22(21)31-16-17-10-12-18(24)13-11-17/h3-14H,15-16H2,1-2H3,(H,25,27). The van der Waals surface area contributed by atoms with Crippen LogP contribution in [0.5, 0.6) is 5.75 Å². The molecule has 3 rings (SSSR count). The largest absolute Gasteiger partial charge is 0.497 e. The van der Waals surface area contributed by atoms with Crippen molar-refractivity contribution in [1.82, 2.24) is 0 Å². The van der Waals surface area contributed by atoms with Crippen molar-refractivity contribution < 1.29 is 17.9 Å². The van der Waals surface area contributed by atoms with Crippen LogP contribution in [0.25, 0.3) is 0 Å². The lowest BCUT2D eigenvalue weighted by atomic mass is 10.2. The Morgan fingerprint density at radius 2 is 1.78 bits per heavy atom. The second-order valence-electron chi connectivity index (χ2n) is 6.93. The fraction of sp³-hybridized carbons (Fsp3) is 0.174. The highest BCUT2D eigenvalue weighted by Crippen LogP contribution is 2.30. The predicted octanol–water partition coefficient (Wildman–Crippen LogP) is 5.05. The van der Waals surface area contributed by atoms with Crippen molar-refractivity contribution in [3.8, 4) is 5.75 Å². The first kappa shape index (κ1) is 24.0. The summed E-state index contributed by atoms with van der Waals surface area (Å²) in [5, 5.41) is 3.52. The molecule has 0 aromatic heterocycles. The summed E-state index contributed by atoms with van der Waals surface area (Å²) in [5.74, 6) is 0.752. The van der Waals surface area contributed by atoms with Gasteiger partial charge in [-0.15, -0.1) is 11.8 Å². The molecule has 0 bridgehead atoms. The number of anilines is 2. The van der Waals surface area contributed by atoms with E-state index in [-0.39, 0.29) is 6.54 Å². The fourth-order valence-corrected chi connectivity index (χ4v) is 4.86. The van der Waals surface area contributed by atoms with Crippen molar-refractivity contribution in [3.63, 3.8) is 0 Å². The molecule has 0 heterocycles. The highest BCUT2D eigenvalue weighted by molar-refractivity contribution is 7.98. The van der Waals surface area contributed by atoms with E-state index in [1.807, 2.05) is 42.5 Å². The summed E-state index contributed by atoms with van der Waals surface area (Å²) in [4.78, 5) is 13.7. The van der Waals surface area contributed by atoms with E-state index in [4.69, 9.17) is 16.3 Å². The van der Waals surface area contributed by atoms with Crippen molar-refractivity contribution in [1.29, 1.82) is 0 Å². The average molecular weight is 491 g/mol. The summed E-state index contributed by atoms with van der Waals surface area (Å²) in [7, 11) is -2.19. The Labute approximate surface area is 197 Å². The number of para-hydroxylation sites is 1. The highest BCUT2D eigenvalue weighted by atomic mass is 35.5. The van der Waals surface area contributed by atoms with Gasteiger partial charge in [0.2, 0.25) is 15.9 Å². The van der Waals surface area contributed by atoms with E-state index >= 15 is 0 Å². The fourth-order valence-electron chi connectivity index (χ4n) is 2.92. The molecule has 0 radical (unpaired) electrons. The normalized spacial score (nSPS) is 11.1. The smallest absolute Gasteiger partial charge is 0.245 e. The van der Waals surface area contributed by atoms with E-state index in [0.29, 0.717) is 27.9 Å². The number of carbonyl (C=O) groups excluding carboxylic acids is 1. The average Bonchev–Trinajstić information content (AvgIpc) is 2.77. The summed E-state index contributed by atoms with van der Waals surface area (Å²) in [6, 6.07) is 21.6. The number of halogens is 1. The number of hydrogen-bond donors (Lipinski definition) is 1. The number of amides is 1. The van der Waals surface area contributed by atoms with Crippen LogP contribution in [-0.4, -0.2) is 34.2 Å². The van der Waals surface area contributed by atoms with Crippen molar-refractivity contribution in [2.45, 2.75) is 10.6 Å². The minimum absolute atomic E-state index is 0.354. The molecular formula is C23H23ClN2O4S2. The number of rotatable bonds is 9. The molecule has 0 saturated carbocycles. The molecule has 0 aliphatic carbocycles. The van der Waals surface area contributed by atoms with E-state index in [1.165, 1.54) is 7.11 Å². The molecule has 3 aromatic rings. The van der Waals surface area contributed by atoms with Crippen LogP contribution < -0.4 is 14.4 Å². The zero-order valence-electron chi connectivity index (χ0n) is 17.6. The second-order valence-corrected chi connectivity index (χ2v) is 10.3. The summed E-state index contributed by atoms with van der Waals surface area (Å²) in [6.07, 6.45) is 1.07. The minimum atomic E-state index is -3.69. The Bertz CT molecular complexity index is 1180. The van der Waals surface area contributed by atoms with Gasteiger partial charge in [0, 0.05) is 21.7 Å². The zero-order chi connectivity index (χ0) is 23.1. The Kier molecular flexibility index (Phi) is 8.06. The first-order valence-electron chi connectivity index (χ1n) is 9.64. The maximum absolute atomic E-state index is 12.8. The third kappa shape index (κ3) is 6.66. The zero-order valence-corrected chi connectivity index (χ0v) is 20.0. The SMILES string of the molecule is COc1cccc(N(CC(=O)Nc2ccccc2SCc2ccc(Cl)cc2)S(C)(=O)=O)c1. The van der Waals surface area contributed by atoms with Gasteiger partial charge in [-0.25, -0.2) is 8.42 Å². The summed E-state index contributed by atoms with van der Waals surface area (Å²) in [6.45, 7) is -0.359. The van der Waals surface area contributed by atoms with Crippen LogP contribution in [0.15, 0.2) is 77.7 Å². The summed E-state index contributed by atoms with van der Waals surface area (Å²) >= 11 is 7.51. The molecule has 0 spiro atoms. The van der Waals surface area contributed by atoms with Crippen LogP contribution in [0, 0.1) is 0 Å². The predicted molar refractivity (Wildman–Crippen MR) is 131 cm³/mol. The van der Waals surface area contributed by atoms with Gasteiger partial charge in [0.05, 0.1) is 24.7 Å². The molecule has 0 aliphatic rings. The quantitative estimate of drug-likeness (QED) is 0.425. The number of methoxy groups -OCH3 is 1. The van der Waals surface area contributed by atoms with E-state index in [9.17, 15) is 13.2 Å². The van der Waals surface area contributed by atoms with Gasteiger partial charge in [-0.05, 0) is 42.0 Å². The maximum atomic E-state index is 12.8. The van der Waals surface area contributed by atoms with E-state index in [0.717, 1.165) is 21.0 Å². The number of nitrogens with one attached hydrogen (secondary N) is 1. The molecule has 1 amide bonds. The molecule has 32 heavy (non-hydrogen) atoms. The van der Waals surface area contributed by atoms with Gasteiger partial charge >= 0.3 is 0 Å². The van der Waals surface area contributed by atoms with Crippen LogP contribution in [0.1, 0.15) is 5.56 Å². The van der Waals surface area contributed by atoms with Crippen molar-refractivity contribution in [2.24, 2.45) is 0 Å². The highest BCUT2D eigenvalue weighted by Gasteiger charge is 2.22. The Balaban J connectivity index is 1.73. The first-order valence-corrected chi connectivity index (χ1v) is 12.9. The molecule has 0 atom stereocenters. The Morgan fingerprint density at radius 3 is 2.47 bits per heavy atom. The van der Waals surface area contributed by atoms with E-state index in [2.05, 4.69) is 5.32 Å². The van der Waals surface area contributed by atoms with Gasteiger partial charge in [-0.2, -0.15) is 0 Å². The van der Waals surface area contributed by atoms with Gasteiger partial charge in [0.1, 0.15) is 12.3 Å². The number of carbonyl (C=O) groups is 1. The topological polar surface area (TPSA) is 75.7 Å². The number of sulfonamides is 1. The lowest BCUT2D eigenvalue weighted by Crippen LogP contribution is -2.37. The van der Waals surface area contributed by atoms with Gasteiger partial charge in [0.25, 0.3) is 0 Å². The van der Waals surface area contributed by atoms with Crippen molar-refractivity contribution in [2.75, 3.05) is 29.5 Å². The minimum Gasteiger partial charge on any atom is -0.497 e. The van der Waals surface area contributed by atoms with Crippen LogP contribution in [-0.2, 0) is 20.6 Å². The third-order valence-electron chi connectivity index (χ3n) is 4.50. The van der Waals surface area contributed by atoms with E-state index < -0.39 is 15.9 Å². The van der Waals surface area contributed by atoms with Gasteiger partial charge in [-0.3, -0.25) is 9.10 Å². The molecular weight excluding hydrogens is 468 g/mol. The molecule has 1 N–H and O–H groups in total. The second kappa shape index (κ2) is 10.8. The van der Waals surface area contributed by atoms with Crippen molar-refractivity contribution in [3.05, 3.63) is 83.4 Å². The number of hydrogen-bond acceptors (Lipinski definition) is 5. The summed E-state index contributed by atoms with van der Waals surface area (Å²) < 4.78 is 30.9. The number of nitrogens with zero attached hydrogens (tertiary/aromatic N) is 1. The van der Waals surface area contributed by atoms with Gasteiger partial charge in [0.15, 0.2) is 0 Å². The third-order valence-corrected chi connectivity index (χ3v) is 7.03. The molecule has 0 fully saturated rings. The molecule has 0 saturated heterocycles. The first-order chi connectivity index (χ1) is 15.3. The van der Waals surface area contributed by atoms with Crippen molar-refractivity contribution >= 4 is 50.7 Å².